The molecule has 2 bridgehead atoms. The number of aromatic amines is 1. The minimum Gasteiger partial charge on any atom is -0.388 e. The fraction of sp³-hybridized carbons (Fsp3) is 0.500. The smallest absolute Gasteiger partial charge is 0.386 e. The Bertz CT molecular complexity index is 1880. The van der Waals surface area contributed by atoms with Gasteiger partial charge < -0.3 is 39.1 Å². The van der Waals surface area contributed by atoms with Crippen LogP contribution in [0.2, 0.25) is 0 Å². The first-order valence-electron chi connectivity index (χ1n) is 12.6. The highest BCUT2D eigenvalue weighted by molar-refractivity contribution is 8.44. The number of hydrogen-bond donors (Lipinski definition) is 5. The van der Waals surface area contributed by atoms with E-state index < -0.39 is 74.6 Å². The number of aromatic nitrogens is 8. The van der Waals surface area contributed by atoms with E-state index in [1.165, 1.54) is 34.4 Å². The van der Waals surface area contributed by atoms with Gasteiger partial charge in [0.05, 0.1) is 37.7 Å². The number of rotatable bonds is 2. The third-order valence-corrected chi connectivity index (χ3v) is 10.6. The number of halogens is 1. The van der Waals surface area contributed by atoms with Crippen LogP contribution in [0.15, 0.2) is 30.1 Å². The molecule has 0 radical (unpaired) electrons. The quantitative estimate of drug-likeness (QED) is 0.144. The van der Waals surface area contributed by atoms with Crippen LogP contribution in [0.3, 0.4) is 0 Å². The van der Waals surface area contributed by atoms with Gasteiger partial charge in [0.2, 0.25) is 0 Å². The van der Waals surface area contributed by atoms with Crippen molar-refractivity contribution in [1.82, 2.24) is 39.0 Å². The van der Waals surface area contributed by atoms with Crippen molar-refractivity contribution in [3.8, 4) is 0 Å². The number of nitrogens with two attached hydrogens (primary N) is 1. The van der Waals surface area contributed by atoms with E-state index in [-0.39, 0.29) is 34.6 Å². The molecule has 1 aliphatic carbocycles. The van der Waals surface area contributed by atoms with E-state index in [4.69, 9.17) is 40.4 Å². The monoisotopic (exact) mass is 677 g/mol. The molecule has 6 heterocycles. The predicted octanol–water partition coefficient (Wildman–Crippen LogP) is 0.523. The summed E-state index contributed by atoms with van der Waals surface area (Å²) in [5.74, 6) is 0.0628. The van der Waals surface area contributed by atoms with Crippen LogP contribution in [0.5, 0.6) is 0 Å². The van der Waals surface area contributed by atoms with Gasteiger partial charge in [-0.15, -0.1) is 0 Å². The van der Waals surface area contributed by atoms with Gasteiger partial charge in [-0.1, -0.05) is 12.2 Å². The van der Waals surface area contributed by atoms with Gasteiger partial charge in [0.25, 0.3) is 5.56 Å². The third kappa shape index (κ3) is 5.11. The highest BCUT2D eigenvalue weighted by Crippen LogP contribution is 2.61. The number of nitrogens with one attached hydrogen (secondary N) is 1. The van der Waals surface area contributed by atoms with Crippen LogP contribution in [0.4, 0.5) is 10.2 Å². The summed E-state index contributed by atoms with van der Waals surface area (Å²) in [5.41, 5.74) is 5.85. The molecule has 18 nitrogen and oxygen atoms in total. The van der Waals surface area contributed by atoms with Crippen LogP contribution < -0.4 is 11.3 Å². The molecule has 0 aromatic carbocycles. The lowest BCUT2D eigenvalue weighted by Gasteiger charge is -2.30. The van der Waals surface area contributed by atoms with E-state index in [0.717, 1.165) is 0 Å². The molecule has 10 atom stereocenters. The molecular weight excluding hydrogens is 655 g/mol. The van der Waals surface area contributed by atoms with Gasteiger partial charge in [-0.3, -0.25) is 18.4 Å². The number of hydrogen-bond acceptors (Lipinski definition) is 15. The number of aliphatic hydroxyl groups is 1. The van der Waals surface area contributed by atoms with Crippen molar-refractivity contribution < 1.29 is 41.8 Å². The van der Waals surface area contributed by atoms with Crippen LogP contribution >= 0.6 is 25.8 Å². The van der Waals surface area contributed by atoms with E-state index in [2.05, 4.69) is 42.2 Å². The Hall–Kier alpha value is -2.42. The average molecular weight is 678 g/mol. The number of fused-ring (bicyclic) bond motifs is 5. The second kappa shape index (κ2) is 10.6. The van der Waals surface area contributed by atoms with Crippen molar-refractivity contribution in [1.29, 1.82) is 0 Å². The minimum atomic E-state index is -4.42. The Labute approximate surface area is 249 Å². The normalized spacial score (nSPS) is 38.6. The van der Waals surface area contributed by atoms with E-state index in [9.17, 15) is 19.4 Å². The van der Waals surface area contributed by atoms with Crippen molar-refractivity contribution >= 4 is 65.7 Å². The number of thiol groups is 1. The standard InChI is InChI=1S/C20H22FN9O9P2S2/c21-10-15-9(36-20(10)30-6-27-11-16(22)23-3-24-17(11)30)2-35-40(33,42)38-14-7(1-8(13(14)31)37-41(34,43)39-15)29-5-28-12-18(29)25-4-26-19(12)32/h3-10,13-15,20,31H,1-2H2,(H,33,42)(H,34,43)(H2,22,23,24)(H,25,26,32)/t7-,8+,9-,10-,13+,14+,15-,20-,40?,41?/m1/s1. The number of ether oxygens (including phenoxy) is 1. The van der Waals surface area contributed by atoms with E-state index in [1.807, 2.05) is 0 Å². The molecule has 4 aromatic heterocycles. The Morgan fingerprint density at radius 3 is 2.63 bits per heavy atom. The zero-order chi connectivity index (χ0) is 30.3. The van der Waals surface area contributed by atoms with Crippen LogP contribution in [0.1, 0.15) is 18.7 Å². The van der Waals surface area contributed by atoms with E-state index in [1.54, 1.807) is 0 Å². The average Bonchev–Trinajstić information content (AvgIpc) is 3.70. The van der Waals surface area contributed by atoms with Gasteiger partial charge in [-0.2, -0.15) is 0 Å². The van der Waals surface area contributed by atoms with Gasteiger partial charge in [0.15, 0.2) is 35.0 Å². The second-order valence-corrected chi connectivity index (χ2v) is 15.6. The summed E-state index contributed by atoms with van der Waals surface area (Å²) < 4.78 is 60.6. The van der Waals surface area contributed by atoms with Crippen molar-refractivity contribution in [2.75, 3.05) is 12.3 Å². The second-order valence-electron chi connectivity index (χ2n) is 9.96. The van der Waals surface area contributed by atoms with Crippen LogP contribution in [-0.4, -0.2) is 92.3 Å². The Morgan fingerprint density at radius 1 is 1.07 bits per heavy atom. The van der Waals surface area contributed by atoms with Gasteiger partial charge in [0.1, 0.15) is 36.3 Å². The lowest BCUT2D eigenvalue weighted by atomic mass is 10.1. The maximum absolute atomic E-state index is 16.0. The van der Waals surface area contributed by atoms with Crippen molar-refractivity contribution in [2.24, 2.45) is 0 Å². The third-order valence-electron chi connectivity index (χ3n) is 7.40. The van der Waals surface area contributed by atoms with Crippen molar-refractivity contribution in [2.45, 2.75) is 55.4 Å². The van der Waals surface area contributed by atoms with Crippen molar-refractivity contribution in [3.63, 3.8) is 0 Å². The molecule has 43 heavy (non-hydrogen) atoms. The summed E-state index contributed by atoms with van der Waals surface area (Å²) in [5, 5.41) is 11.2. The molecule has 7 rings (SSSR count). The van der Waals surface area contributed by atoms with Crippen LogP contribution in [0.25, 0.3) is 22.3 Å². The van der Waals surface area contributed by atoms with E-state index in [0.29, 0.717) is 0 Å². The summed E-state index contributed by atoms with van der Waals surface area (Å²) in [4.78, 5) is 45.9. The Morgan fingerprint density at radius 2 is 1.81 bits per heavy atom. The molecule has 3 fully saturated rings. The number of anilines is 1. The molecule has 2 unspecified atom stereocenters. The maximum Gasteiger partial charge on any atom is 0.386 e. The number of nitrogen functional groups attached to an aromatic ring is 1. The summed E-state index contributed by atoms with van der Waals surface area (Å²) in [7, 11) is 0. The topological polar surface area (TPSA) is 237 Å². The number of H-pyrrole nitrogens is 1. The largest absolute Gasteiger partial charge is 0.388 e. The molecule has 230 valence electrons. The highest BCUT2D eigenvalue weighted by Gasteiger charge is 2.54. The van der Waals surface area contributed by atoms with Crippen LogP contribution in [0, 0.1) is 0 Å². The van der Waals surface area contributed by atoms with E-state index >= 15 is 4.39 Å². The Balaban J connectivity index is 1.22. The SMILES string of the molecule is Nc1ncnc2c1ncn2[C@@H]1O[C@@H]2COP(O)(=S)O[C@@H]3[C@@H](O)[C@H](C[C@H]3n3cnc4c(=O)[nH]cnc43)OP(=O)(S)O[C@H]2[C@H]1F. The molecule has 4 aromatic rings. The molecule has 2 aliphatic heterocycles. The molecule has 0 spiro atoms. The zero-order valence-corrected chi connectivity index (χ0v) is 24.9. The summed E-state index contributed by atoms with van der Waals surface area (Å²) >= 11 is 9.29. The van der Waals surface area contributed by atoms with Gasteiger partial charge in [-0.25, -0.2) is 33.9 Å². The lowest BCUT2D eigenvalue weighted by Crippen LogP contribution is -2.37. The fourth-order valence-corrected chi connectivity index (χ4v) is 8.80. The first-order valence-corrected chi connectivity index (χ1v) is 17.9. The number of nitrogens with zero attached hydrogens (tertiary/aromatic N) is 7. The van der Waals surface area contributed by atoms with Gasteiger partial charge >= 0.3 is 13.5 Å². The number of alkyl halides is 1. The molecule has 2 saturated heterocycles. The molecule has 0 amide bonds. The van der Waals surface area contributed by atoms with Gasteiger partial charge in [0, 0.05) is 6.42 Å². The fourth-order valence-electron chi connectivity index (χ4n) is 5.50. The molecule has 1 saturated carbocycles. The van der Waals surface area contributed by atoms with Crippen molar-refractivity contribution in [3.05, 3.63) is 35.7 Å². The Kier molecular flexibility index (Phi) is 7.22. The lowest BCUT2D eigenvalue weighted by molar-refractivity contribution is -0.0546. The maximum atomic E-state index is 16.0. The molecule has 5 N–H and O–H groups in total. The summed E-state index contributed by atoms with van der Waals surface area (Å²) in [6.45, 7) is -9.16. The molecule has 3 aliphatic rings. The zero-order valence-electron chi connectivity index (χ0n) is 21.4. The summed E-state index contributed by atoms with van der Waals surface area (Å²) in [6, 6.07) is -0.885. The number of aliphatic hydroxyl groups excluding tert-OH is 1. The highest BCUT2D eigenvalue weighted by atomic mass is 32.7. The predicted molar refractivity (Wildman–Crippen MR) is 150 cm³/mol. The van der Waals surface area contributed by atoms with Gasteiger partial charge in [-0.05, 0) is 11.8 Å². The first-order chi connectivity index (χ1) is 20.4. The first kappa shape index (κ1) is 29.3. The molecule has 23 heteroatoms. The minimum absolute atomic E-state index is 0.00856. The molecular formula is C20H22FN9O9P2S2. The van der Waals surface area contributed by atoms with Crippen LogP contribution in [-0.2, 0) is 39.2 Å². The summed E-state index contributed by atoms with van der Waals surface area (Å²) in [6.07, 6.45) is -5.71. The number of imidazole rings is 2.